The van der Waals surface area contributed by atoms with Crippen molar-refractivity contribution in [2.75, 3.05) is 193 Å². The predicted molar refractivity (Wildman–Crippen MR) is 452 cm³/mol. The van der Waals surface area contributed by atoms with E-state index in [2.05, 4.69) is 78.3 Å². The first-order valence-corrected chi connectivity index (χ1v) is 40.4. The number of benzene rings is 2. The van der Waals surface area contributed by atoms with E-state index >= 15 is 0 Å². The second-order valence-corrected chi connectivity index (χ2v) is 28.8. The Morgan fingerprint density at radius 3 is 1.47 bits per heavy atom. The number of carbonyl (C=O) groups excluding carboxylic acids is 9. The second-order valence-electron chi connectivity index (χ2n) is 28.4. The minimum absolute atomic E-state index is 0.0133. The standard InChI is InChI=1S/C80H110ClN23O19/c1-52-96-97-72-59(89-71(53-11-13-54(81)14-12-53)58-45-57(115-9)15-16-60(58)104(52)72)46-70(109)83-25-28-117-30-32-119-34-36-121-38-40-123-42-41-122-39-37-120-35-33-118-31-29-116-27-20-69(108)92-65-51-103(8)75(95-65)80(114)88-56-44-62(100(5)48-56)77(111)85-24-19-68(107)91-64-50-102(7)74(94-64)79(113)87-55-43-61(99(4)47-55)76(110)84-23-18-67(106)90-63-49-101(6)73(93-63)78(112)86-22-17-66(105)82-21-10-26-98(2)3/h11-16,43-45,47-51,59,67,90,106H,10,17-42,46H2,1-9H3,(H,82,105)(H,83,109)(H,84,110)(H,85,111)(H,86,112)(H,87,113)(H,88,114)(H,91,107)(H,92,108)/t59-,67?/m0/s1. The third-order valence-corrected chi connectivity index (χ3v) is 18.7. The summed E-state index contributed by atoms with van der Waals surface area (Å²) in [4.78, 5) is 137. The van der Waals surface area contributed by atoms with E-state index in [0.717, 1.165) is 29.8 Å². The van der Waals surface area contributed by atoms with E-state index in [4.69, 9.17) is 59.2 Å². The molecular formula is C80H110ClN23O19. The summed E-state index contributed by atoms with van der Waals surface area (Å²) in [5, 5.41) is 47.4. The first-order chi connectivity index (χ1) is 59.3. The molecule has 2 atom stereocenters. The van der Waals surface area contributed by atoms with Gasteiger partial charge in [0.1, 0.15) is 41.0 Å². The number of aliphatic hydroxyl groups excluding tert-OH is 1. The van der Waals surface area contributed by atoms with Gasteiger partial charge in [0.25, 0.3) is 29.5 Å². The Bertz CT molecular complexity index is 4860. The van der Waals surface area contributed by atoms with E-state index in [-0.39, 0.29) is 147 Å². The lowest BCUT2D eigenvalue weighted by atomic mass is 10.00. The Morgan fingerprint density at radius 2 is 0.943 bits per heavy atom. The largest absolute Gasteiger partial charge is 0.497 e. The molecule has 1 aliphatic rings. The number of anilines is 5. The highest BCUT2D eigenvalue weighted by molar-refractivity contribution is 6.30. The molecule has 2 aromatic carbocycles. The number of hydrogen-bond donors (Lipinski definition) is 11. The van der Waals surface area contributed by atoms with Crippen molar-refractivity contribution in [3.05, 3.63) is 142 Å². The lowest BCUT2D eigenvalue weighted by molar-refractivity contribution is -0.122. The summed E-state index contributed by atoms with van der Waals surface area (Å²) in [7, 11) is 13.5. The van der Waals surface area contributed by atoms with Crippen LogP contribution in [0.1, 0.15) is 120 Å². The number of nitrogens with zero attached hydrogens (tertiary/aromatic N) is 13. The summed E-state index contributed by atoms with van der Waals surface area (Å²) in [5.74, 6) is -1.81. The molecule has 0 saturated heterocycles. The predicted octanol–water partition coefficient (Wildman–Crippen LogP) is 2.68. The minimum Gasteiger partial charge on any atom is -0.497 e. The van der Waals surface area contributed by atoms with Gasteiger partial charge in [0, 0.05) is 134 Å². The zero-order valence-corrected chi connectivity index (χ0v) is 71.3. The quantitative estimate of drug-likeness (QED) is 0.0193. The number of amides is 9. The van der Waals surface area contributed by atoms with E-state index in [1.54, 1.807) is 54.5 Å². The van der Waals surface area contributed by atoms with Gasteiger partial charge in [-0.05, 0) is 76.4 Å². The van der Waals surface area contributed by atoms with Gasteiger partial charge in [-0.25, -0.2) is 15.0 Å². The molecule has 0 spiro atoms. The molecule has 0 radical (unpaired) electrons. The molecule has 0 fully saturated rings. The normalized spacial score (nSPS) is 12.5. The van der Waals surface area contributed by atoms with Crippen LogP contribution in [-0.4, -0.2) is 294 Å². The number of aliphatic imine (C=N–C) groups is 1. The molecule has 8 aromatic rings. The fraction of sp³-hybridized carbons (Fsp3) is 0.487. The van der Waals surface area contributed by atoms with E-state index in [0.29, 0.717) is 127 Å². The summed E-state index contributed by atoms with van der Waals surface area (Å²) in [5.41, 5.74) is 4.05. The van der Waals surface area contributed by atoms with Crippen LogP contribution in [0.4, 0.5) is 28.8 Å². The third-order valence-electron chi connectivity index (χ3n) is 18.4. The topological polar surface area (TPSA) is 487 Å². The molecular weight excluding hydrogens is 1620 g/mol. The lowest BCUT2D eigenvalue weighted by Crippen LogP contribution is -2.33. The number of ether oxygens (including phenoxy) is 9. The maximum Gasteiger partial charge on any atom is 0.291 e. The molecule has 9 rings (SSSR count). The van der Waals surface area contributed by atoms with Gasteiger partial charge in [-0.15, -0.1) is 10.2 Å². The average molecular weight is 1730 g/mol. The van der Waals surface area contributed by atoms with Crippen molar-refractivity contribution < 1.29 is 90.9 Å². The van der Waals surface area contributed by atoms with Crippen LogP contribution in [0.5, 0.6) is 5.75 Å². The molecule has 666 valence electrons. The number of aromatic nitrogens is 11. The number of aliphatic hydroxyl groups is 1. The average Bonchev–Trinajstić information content (AvgIpc) is 1.61. The zero-order chi connectivity index (χ0) is 88.2. The van der Waals surface area contributed by atoms with Crippen molar-refractivity contribution in [2.24, 2.45) is 40.2 Å². The molecule has 9 amide bonds. The van der Waals surface area contributed by atoms with Crippen LogP contribution in [0.15, 0.2) is 90.6 Å². The number of carbonyl (C=O) groups is 9. The van der Waals surface area contributed by atoms with Crippen molar-refractivity contribution >= 4 is 99.3 Å². The van der Waals surface area contributed by atoms with Crippen molar-refractivity contribution in [3.8, 4) is 11.4 Å². The van der Waals surface area contributed by atoms with Crippen LogP contribution in [0.25, 0.3) is 5.69 Å². The molecule has 123 heavy (non-hydrogen) atoms. The van der Waals surface area contributed by atoms with E-state index < -0.39 is 47.7 Å². The fourth-order valence-corrected chi connectivity index (χ4v) is 12.5. The number of rotatable bonds is 55. The van der Waals surface area contributed by atoms with Gasteiger partial charge in [0.15, 0.2) is 17.5 Å². The highest BCUT2D eigenvalue weighted by Gasteiger charge is 2.31. The number of hydrogen-bond acceptors (Lipinski definition) is 27. The minimum atomic E-state index is -1.15. The third kappa shape index (κ3) is 30.6. The maximum atomic E-state index is 13.4. The zero-order valence-electron chi connectivity index (χ0n) is 70.5. The lowest BCUT2D eigenvalue weighted by Gasteiger charge is -2.14. The van der Waals surface area contributed by atoms with Gasteiger partial charge < -0.3 is 129 Å². The van der Waals surface area contributed by atoms with Gasteiger partial charge >= 0.3 is 0 Å². The number of halogens is 1. The number of methoxy groups -OCH3 is 1. The number of nitrogens with one attached hydrogen (secondary N) is 10. The highest BCUT2D eigenvalue weighted by Crippen LogP contribution is 2.35. The summed E-state index contributed by atoms with van der Waals surface area (Å²) in [6.45, 7) is 9.08. The van der Waals surface area contributed by atoms with E-state index in [9.17, 15) is 48.3 Å². The Morgan fingerprint density at radius 1 is 0.480 bits per heavy atom. The van der Waals surface area contributed by atoms with Gasteiger partial charge in [0.2, 0.25) is 41.1 Å². The van der Waals surface area contributed by atoms with Crippen LogP contribution >= 0.6 is 11.6 Å². The molecule has 1 aliphatic heterocycles. The van der Waals surface area contributed by atoms with Crippen LogP contribution in [-0.2, 0) is 92.3 Å². The Kier molecular flexibility index (Phi) is 38.1. The fourth-order valence-electron chi connectivity index (χ4n) is 12.3. The molecule has 7 heterocycles. The van der Waals surface area contributed by atoms with Crippen molar-refractivity contribution in [2.45, 2.75) is 57.7 Å². The van der Waals surface area contributed by atoms with Crippen molar-refractivity contribution in [1.82, 2.24) is 84.0 Å². The van der Waals surface area contributed by atoms with Crippen LogP contribution in [0.3, 0.4) is 0 Å². The second kappa shape index (κ2) is 49.3. The number of aryl methyl sites for hydroxylation is 6. The van der Waals surface area contributed by atoms with Gasteiger partial charge in [0.05, 0.1) is 148 Å². The molecule has 0 saturated carbocycles. The summed E-state index contributed by atoms with van der Waals surface area (Å²) in [6, 6.07) is 15.4. The van der Waals surface area contributed by atoms with E-state index in [1.165, 1.54) is 66.0 Å². The molecule has 0 aliphatic carbocycles. The van der Waals surface area contributed by atoms with Gasteiger partial charge in [-0.2, -0.15) is 0 Å². The van der Waals surface area contributed by atoms with Gasteiger partial charge in [-0.3, -0.25) is 52.7 Å². The summed E-state index contributed by atoms with van der Waals surface area (Å²) >= 11 is 6.23. The summed E-state index contributed by atoms with van der Waals surface area (Å²) < 4.78 is 59.4. The smallest absolute Gasteiger partial charge is 0.291 e. The van der Waals surface area contributed by atoms with Crippen molar-refractivity contribution in [1.29, 1.82) is 0 Å². The summed E-state index contributed by atoms with van der Waals surface area (Å²) in [6.07, 6.45) is 7.17. The Hall–Kier alpha value is -11.8. The van der Waals surface area contributed by atoms with Gasteiger partial charge in [-0.1, -0.05) is 23.7 Å². The molecule has 43 heteroatoms. The van der Waals surface area contributed by atoms with Crippen LogP contribution in [0.2, 0.25) is 5.02 Å². The maximum absolute atomic E-state index is 13.4. The van der Waals surface area contributed by atoms with Crippen LogP contribution < -0.4 is 57.9 Å². The number of fused-ring (bicyclic) bond motifs is 3. The molecule has 42 nitrogen and oxygen atoms in total. The molecule has 0 bridgehead atoms. The SMILES string of the molecule is COc1ccc2c(c1)C(c1ccc(Cl)cc1)=N[C@@H](CC(=O)NCCOCCOCCOCCOCCOCCOCCOCCOCCC(=O)Nc1cn(C)c(C(=O)Nc3cc(C(=O)NCCC(=O)Nc4cn(C)c(C(=O)Nc5cc(C(=O)NCCC(O)Nc6cn(C)c(C(=O)NCCC(=O)NCCCN(C)C)n6)n(C)c5)n4)n(C)c3)n1)c1nnc(C)n1-2. The Balaban J connectivity index is 0.535. The van der Waals surface area contributed by atoms with E-state index in [1.807, 2.05) is 60.8 Å². The van der Waals surface area contributed by atoms with Crippen molar-refractivity contribution in [3.63, 3.8) is 0 Å². The monoisotopic (exact) mass is 1730 g/mol. The first kappa shape index (κ1) is 95.0. The Labute approximate surface area is 715 Å². The highest BCUT2D eigenvalue weighted by atomic mass is 35.5. The number of imidazole rings is 3. The molecule has 6 aromatic heterocycles. The molecule has 11 N–H and O–H groups in total. The first-order valence-electron chi connectivity index (χ1n) is 40.0. The van der Waals surface area contributed by atoms with Crippen LogP contribution in [0, 0.1) is 6.92 Å². The molecule has 1 unspecified atom stereocenters.